The Morgan fingerprint density at radius 1 is 1.36 bits per heavy atom. The Morgan fingerprint density at radius 3 is 2.55 bits per heavy atom. The fourth-order valence-corrected chi connectivity index (χ4v) is 3.71. The van der Waals surface area contributed by atoms with Crippen molar-refractivity contribution in [3.8, 4) is 17.1 Å². The molecule has 0 aliphatic rings. The molecular weight excluding hydrogens is 361 g/mol. The van der Waals surface area contributed by atoms with Crippen LogP contribution in [-0.2, 0) is 4.74 Å². The molecule has 0 atom stereocenters. The molecule has 2 rings (SSSR count). The maximum atomic E-state index is 12.2. The second-order valence-corrected chi connectivity index (χ2v) is 6.22. The average molecular weight is 377 g/mol. The van der Waals surface area contributed by atoms with E-state index in [0.717, 1.165) is 14.9 Å². The maximum absolute atomic E-state index is 12.2. The predicted octanol–water partition coefficient (Wildman–Crippen LogP) is 4.19. The van der Waals surface area contributed by atoms with Crippen molar-refractivity contribution in [1.29, 1.82) is 5.26 Å². The van der Waals surface area contributed by atoms with Crippen molar-refractivity contribution in [2.24, 2.45) is 0 Å². The summed E-state index contributed by atoms with van der Waals surface area (Å²) in [5.41, 5.74) is 2.13. The van der Waals surface area contributed by atoms with Gasteiger partial charge in [0.15, 0.2) is 0 Å². The molecule has 0 unspecified atom stereocenters. The minimum Gasteiger partial charge on any atom is -0.462 e. The third-order valence-corrected chi connectivity index (χ3v) is 4.44. The number of carbonyl (C=O) groups is 1. The molecule has 1 radical (unpaired) electrons. The zero-order valence-corrected chi connectivity index (χ0v) is 15.1. The number of rotatable bonds is 4. The Kier molecular flexibility index (Phi) is 7.93. The van der Waals surface area contributed by atoms with Gasteiger partial charge in [-0.3, -0.25) is 0 Å². The summed E-state index contributed by atoms with van der Waals surface area (Å²) in [6.07, 6.45) is 0. The van der Waals surface area contributed by atoms with E-state index in [1.807, 2.05) is 50.1 Å². The molecule has 113 valence electrons. The molecule has 1 aromatic heterocycles. The number of benzene rings is 1. The first-order chi connectivity index (χ1) is 10.7. The molecule has 0 bridgehead atoms. The van der Waals surface area contributed by atoms with Crippen molar-refractivity contribution in [1.82, 2.24) is 0 Å². The first kappa shape index (κ1) is 18.5. The van der Waals surface area contributed by atoms with Gasteiger partial charge in [-0.1, -0.05) is 44.2 Å². The lowest BCUT2D eigenvalue weighted by atomic mass is 9.76. The number of halogens is 1. The normalized spacial score (nSPS) is 9.23. The van der Waals surface area contributed by atoms with Crippen molar-refractivity contribution in [2.75, 3.05) is 6.61 Å². The lowest BCUT2D eigenvalue weighted by Gasteiger charge is -2.06. The highest BCUT2D eigenvalue weighted by atomic mass is 79.9. The molecule has 0 saturated heterocycles. The van der Waals surface area contributed by atoms with Crippen molar-refractivity contribution in [2.45, 2.75) is 20.8 Å². The molecule has 3 nitrogen and oxygen atoms in total. The highest BCUT2D eigenvalue weighted by molar-refractivity contribution is 9.11. The average Bonchev–Trinajstić information content (AvgIpc) is 2.87. The number of carbonyl (C=O) groups excluding carboxylic acids is 1. The van der Waals surface area contributed by atoms with Crippen molar-refractivity contribution in [3.05, 3.63) is 39.7 Å². The van der Waals surface area contributed by atoms with Crippen LogP contribution in [-0.4, -0.2) is 19.9 Å². The monoisotopic (exact) mass is 376 g/mol. The summed E-state index contributed by atoms with van der Waals surface area (Å²) in [5, 5.41) is 8.86. The molecule has 1 aromatic carbocycles. The number of esters is 1. The first-order valence-electron chi connectivity index (χ1n) is 6.96. The lowest BCUT2D eigenvalue weighted by molar-refractivity contribution is 0.0529. The molecule has 0 N–H and O–H groups in total. The van der Waals surface area contributed by atoms with Gasteiger partial charge in [-0.2, -0.15) is 0 Å². The first-order valence-corrected chi connectivity index (χ1v) is 8.57. The smallest absolute Gasteiger partial charge is 0.339 e. The van der Waals surface area contributed by atoms with E-state index in [-0.39, 0.29) is 0 Å². The highest BCUT2D eigenvalue weighted by Gasteiger charge is 2.24. The van der Waals surface area contributed by atoms with Gasteiger partial charge in [0.25, 0.3) is 0 Å². The Bertz CT molecular complexity index is 665. The second-order valence-electron chi connectivity index (χ2n) is 3.85. The summed E-state index contributed by atoms with van der Waals surface area (Å²) in [6, 6.07) is 9.57. The van der Waals surface area contributed by atoms with E-state index >= 15 is 0 Å². The van der Waals surface area contributed by atoms with Crippen LogP contribution in [0.1, 0.15) is 31.1 Å². The van der Waals surface area contributed by atoms with Gasteiger partial charge in [-0.25, -0.2) is 10.1 Å². The third-order valence-electron chi connectivity index (χ3n) is 2.63. The molecule has 22 heavy (non-hydrogen) atoms. The molecule has 0 spiro atoms. The SMILES string of the molecule is CC.CCOC(=O)c1c([B]C#N)sc(Br)c1-c1ccccc1. The minimum absolute atomic E-state index is 0.298. The van der Waals surface area contributed by atoms with Gasteiger partial charge in [0, 0.05) is 11.5 Å². The van der Waals surface area contributed by atoms with E-state index in [4.69, 9.17) is 10.00 Å². The van der Waals surface area contributed by atoms with E-state index in [0.29, 0.717) is 16.9 Å². The Morgan fingerprint density at radius 2 is 2.00 bits per heavy atom. The van der Waals surface area contributed by atoms with Gasteiger partial charge in [0.1, 0.15) is 0 Å². The fraction of sp³-hybridized carbons (Fsp3) is 0.250. The summed E-state index contributed by atoms with van der Waals surface area (Å²) in [5.74, 6) is 1.56. The summed E-state index contributed by atoms with van der Waals surface area (Å²) < 4.78 is 6.53. The maximum Gasteiger partial charge on any atom is 0.339 e. The van der Waals surface area contributed by atoms with E-state index in [1.165, 1.54) is 18.6 Å². The summed E-state index contributed by atoms with van der Waals surface area (Å²) >= 11 is 4.83. The van der Waals surface area contributed by atoms with Crippen LogP contribution >= 0.6 is 27.3 Å². The van der Waals surface area contributed by atoms with Gasteiger partial charge < -0.3 is 4.74 Å². The van der Waals surface area contributed by atoms with Gasteiger partial charge in [-0.15, -0.1) is 11.3 Å². The highest BCUT2D eigenvalue weighted by Crippen LogP contribution is 2.35. The second kappa shape index (κ2) is 9.44. The number of nitrogens with zero attached hydrogens (tertiary/aromatic N) is 1. The van der Waals surface area contributed by atoms with Gasteiger partial charge in [0.2, 0.25) is 0 Å². The van der Waals surface area contributed by atoms with Gasteiger partial charge >= 0.3 is 13.2 Å². The number of nitriles is 1. The molecule has 0 aliphatic heterocycles. The number of hydrogen-bond donors (Lipinski definition) is 0. The van der Waals surface area contributed by atoms with Crippen LogP contribution in [0.15, 0.2) is 34.1 Å². The lowest BCUT2D eigenvalue weighted by Crippen LogP contribution is -2.19. The van der Waals surface area contributed by atoms with E-state index in [9.17, 15) is 4.79 Å². The molecule has 6 heteroatoms. The third kappa shape index (κ3) is 4.22. The molecule has 0 aliphatic carbocycles. The number of thiophene rings is 1. The Hall–Kier alpha value is -1.58. The molecule has 0 amide bonds. The molecule has 0 saturated carbocycles. The van der Waals surface area contributed by atoms with Crippen molar-refractivity contribution < 1.29 is 9.53 Å². The van der Waals surface area contributed by atoms with Crippen LogP contribution in [0.5, 0.6) is 0 Å². The zero-order chi connectivity index (χ0) is 16.5. The molecular formula is C16H16BBrNO2S. The Balaban J connectivity index is 0.00000116. The topological polar surface area (TPSA) is 50.1 Å². The van der Waals surface area contributed by atoms with Crippen molar-refractivity contribution in [3.63, 3.8) is 0 Å². The zero-order valence-electron chi connectivity index (χ0n) is 12.7. The van der Waals surface area contributed by atoms with Crippen LogP contribution in [0.25, 0.3) is 11.1 Å². The summed E-state index contributed by atoms with van der Waals surface area (Å²) in [7, 11) is 1.37. The van der Waals surface area contributed by atoms with Crippen LogP contribution in [0.4, 0.5) is 0 Å². The standard InChI is InChI=1S/C14H10BBrNO2S.C2H6/c1-2-19-14(18)11-10(9-6-4-3-5-7-9)13(16)20-12(11)15-8-17;1-2/h3-7H,2H2,1H3;1-2H3. The van der Waals surface area contributed by atoms with Crippen LogP contribution < -0.4 is 4.78 Å². The van der Waals surface area contributed by atoms with Gasteiger partial charge in [-0.05, 0) is 33.2 Å². The quantitative estimate of drug-likeness (QED) is 0.593. The minimum atomic E-state index is -0.408. The molecule has 0 fully saturated rings. The molecule has 1 heterocycles. The van der Waals surface area contributed by atoms with E-state index < -0.39 is 5.97 Å². The Labute approximate surface area is 144 Å². The van der Waals surface area contributed by atoms with Gasteiger partial charge in [0.05, 0.1) is 16.0 Å². The number of hydrogen-bond acceptors (Lipinski definition) is 4. The van der Waals surface area contributed by atoms with E-state index in [2.05, 4.69) is 15.9 Å². The fourth-order valence-electron chi connectivity index (χ4n) is 1.85. The van der Waals surface area contributed by atoms with Crippen molar-refractivity contribution >= 4 is 45.3 Å². The largest absolute Gasteiger partial charge is 0.462 e. The van der Waals surface area contributed by atoms with E-state index in [1.54, 1.807) is 6.92 Å². The van der Waals surface area contributed by atoms with Crippen LogP contribution in [0.2, 0.25) is 0 Å². The molecule has 2 aromatic rings. The predicted molar refractivity (Wildman–Crippen MR) is 95.8 cm³/mol. The van der Waals surface area contributed by atoms with Crippen LogP contribution in [0.3, 0.4) is 0 Å². The summed E-state index contributed by atoms with van der Waals surface area (Å²) in [6.45, 7) is 6.06. The van der Waals surface area contributed by atoms with Crippen LogP contribution in [0, 0.1) is 11.2 Å². The number of ether oxygens (including phenoxy) is 1. The summed E-state index contributed by atoms with van der Waals surface area (Å²) in [4.78, 5) is 12.2.